The number of hydrogen-bond acceptors (Lipinski definition) is 2. The third kappa shape index (κ3) is 2.92. The van der Waals surface area contributed by atoms with Crippen LogP contribution in [0, 0.1) is 0 Å². The van der Waals surface area contributed by atoms with Gasteiger partial charge in [-0.3, -0.25) is 8.86 Å². The second kappa shape index (κ2) is 3.75. The van der Waals surface area contributed by atoms with E-state index >= 15 is 0 Å². The molecular weight excluding hydrogens is 190 g/mol. The second-order valence-corrected chi connectivity index (χ2v) is 3.18. The fourth-order valence-corrected chi connectivity index (χ4v) is 1.12. The molecule has 0 unspecified atom stereocenters. The molecule has 1 aliphatic heterocycles. The summed E-state index contributed by atoms with van der Waals surface area (Å²) in [5, 5.41) is 0. The van der Waals surface area contributed by atoms with Gasteiger partial charge in [0.25, 0.3) is 0 Å². The van der Waals surface area contributed by atoms with Gasteiger partial charge < -0.3 is 0 Å². The van der Waals surface area contributed by atoms with Crippen molar-refractivity contribution in [1.82, 2.24) is 4.31 Å². The van der Waals surface area contributed by atoms with Crippen LogP contribution in [-0.2, 0) is 10.3 Å². The molecule has 1 N–H and O–H groups in total. The maximum atomic E-state index is 10.4. The molecule has 0 aromatic rings. The average molecular weight is 198 g/mol. The third-order valence-corrected chi connectivity index (χ3v) is 1.94. The van der Waals surface area contributed by atoms with Gasteiger partial charge in [0.15, 0.2) is 0 Å². The lowest BCUT2D eigenvalue weighted by molar-refractivity contribution is 0.417. The Hall–Kier alpha value is -0.520. The lowest BCUT2D eigenvalue weighted by Gasteiger charge is -2.14. The van der Waals surface area contributed by atoms with E-state index in [9.17, 15) is 8.42 Å². The zero-order valence-electron chi connectivity index (χ0n) is 5.54. The average Bonchev–Trinajstić information content (AvgIpc) is 1.88. The molecular formula is C5H8ClNO3S. The number of hydrogen-bond donors (Lipinski definition) is 1. The van der Waals surface area contributed by atoms with E-state index in [-0.39, 0.29) is 19.0 Å². The summed E-state index contributed by atoms with van der Waals surface area (Å²) >= 11 is 0. The van der Waals surface area contributed by atoms with Gasteiger partial charge in [0.1, 0.15) is 0 Å². The topological polar surface area (TPSA) is 57.6 Å². The van der Waals surface area contributed by atoms with Crippen LogP contribution in [0.5, 0.6) is 0 Å². The Morgan fingerprint density at radius 2 is 2.00 bits per heavy atom. The summed E-state index contributed by atoms with van der Waals surface area (Å²) in [4.78, 5) is 0. The summed E-state index contributed by atoms with van der Waals surface area (Å²) in [7, 11) is -4.03. The zero-order chi connectivity index (χ0) is 7.61. The first kappa shape index (κ1) is 10.5. The molecule has 0 atom stereocenters. The van der Waals surface area contributed by atoms with Crippen LogP contribution in [-0.4, -0.2) is 23.8 Å². The molecule has 0 aliphatic carbocycles. The first-order chi connectivity index (χ1) is 4.61. The lowest BCUT2D eigenvalue weighted by Crippen LogP contribution is -2.26. The molecule has 1 rings (SSSR count). The fraction of sp³-hybridized carbons (Fsp3) is 0.200. The van der Waals surface area contributed by atoms with Crippen LogP contribution >= 0.6 is 12.4 Å². The highest BCUT2D eigenvalue weighted by molar-refractivity contribution is 7.83. The van der Waals surface area contributed by atoms with E-state index in [0.29, 0.717) is 0 Å². The van der Waals surface area contributed by atoms with E-state index in [1.807, 2.05) is 0 Å². The van der Waals surface area contributed by atoms with E-state index < -0.39 is 10.3 Å². The van der Waals surface area contributed by atoms with Crippen LogP contribution in [0.2, 0.25) is 0 Å². The fourth-order valence-electron chi connectivity index (χ4n) is 0.621. The zero-order valence-corrected chi connectivity index (χ0v) is 7.18. The molecule has 0 amide bonds. The minimum atomic E-state index is -4.03. The Bertz CT molecular complexity index is 269. The number of halogens is 1. The summed E-state index contributed by atoms with van der Waals surface area (Å²) in [6.45, 7) is 0.204. The summed E-state index contributed by atoms with van der Waals surface area (Å²) in [6.07, 6.45) is 6.18. The van der Waals surface area contributed by atoms with Crippen LogP contribution < -0.4 is 0 Å². The van der Waals surface area contributed by atoms with Crippen molar-refractivity contribution in [2.45, 2.75) is 0 Å². The van der Waals surface area contributed by atoms with Crippen LogP contribution in [0.1, 0.15) is 0 Å². The highest BCUT2D eigenvalue weighted by Gasteiger charge is 2.12. The molecule has 0 saturated carbocycles. The van der Waals surface area contributed by atoms with Crippen molar-refractivity contribution in [3.63, 3.8) is 0 Å². The number of allylic oxidation sites excluding steroid dienone is 2. The van der Waals surface area contributed by atoms with Crippen molar-refractivity contribution in [2.24, 2.45) is 0 Å². The number of nitrogens with zero attached hydrogens (tertiary/aromatic N) is 1. The maximum Gasteiger partial charge on any atom is 0.359 e. The van der Waals surface area contributed by atoms with Gasteiger partial charge in [0.05, 0.1) is 6.54 Å². The summed E-state index contributed by atoms with van der Waals surface area (Å²) in [5.41, 5.74) is 0. The normalized spacial score (nSPS) is 16.3. The van der Waals surface area contributed by atoms with Crippen molar-refractivity contribution in [3.05, 3.63) is 24.4 Å². The van der Waals surface area contributed by atoms with Gasteiger partial charge in [-0.05, 0) is 6.08 Å². The summed E-state index contributed by atoms with van der Waals surface area (Å²) in [6, 6.07) is 0. The van der Waals surface area contributed by atoms with E-state index in [0.717, 1.165) is 4.31 Å². The molecule has 0 aromatic heterocycles. The molecule has 0 aromatic carbocycles. The smallest absolute Gasteiger partial charge is 0.269 e. The van der Waals surface area contributed by atoms with Gasteiger partial charge in [-0.15, -0.1) is 12.4 Å². The van der Waals surface area contributed by atoms with Crippen molar-refractivity contribution in [3.8, 4) is 0 Å². The van der Waals surface area contributed by atoms with Gasteiger partial charge in [-0.2, -0.15) is 8.42 Å². The van der Waals surface area contributed by atoms with Gasteiger partial charge in [0.2, 0.25) is 0 Å². The van der Waals surface area contributed by atoms with Crippen LogP contribution in [0.4, 0.5) is 0 Å². The predicted octanol–water partition coefficient (Wildman–Crippen LogP) is 0.597. The van der Waals surface area contributed by atoms with Gasteiger partial charge in [-0.25, -0.2) is 0 Å². The number of rotatable bonds is 1. The van der Waals surface area contributed by atoms with Crippen molar-refractivity contribution >= 4 is 22.7 Å². The molecule has 1 heterocycles. The molecule has 4 nitrogen and oxygen atoms in total. The molecule has 11 heavy (non-hydrogen) atoms. The Morgan fingerprint density at radius 3 is 2.27 bits per heavy atom. The molecule has 0 bridgehead atoms. The predicted molar refractivity (Wildman–Crippen MR) is 43.8 cm³/mol. The molecule has 6 heteroatoms. The third-order valence-electron chi connectivity index (χ3n) is 1.08. The first-order valence-corrected chi connectivity index (χ1v) is 4.08. The van der Waals surface area contributed by atoms with Crippen molar-refractivity contribution in [1.29, 1.82) is 0 Å². The quantitative estimate of drug-likeness (QED) is 0.627. The Morgan fingerprint density at radius 1 is 1.36 bits per heavy atom. The standard InChI is InChI=1S/C5H7NO3S.ClH/c7-10(8,9)6-4-2-1-3-5-6;/h1-4H,5H2,(H,7,8,9);1H. The van der Waals surface area contributed by atoms with E-state index in [1.165, 1.54) is 12.3 Å². The van der Waals surface area contributed by atoms with E-state index in [4.69, 9.17) is 4.55 Å². The minimum Gasteiger partial charge on any atom is -0.269 e. The lowest BCUT2D eigenvalue weighted by atomic mass is 10.4. The van der Waals surface area contributed by atoms with Gasteiger partial charge in [-0.1, -0.05) is 12.2 Å². The van der Waals surface area contributed by atoms with Gasteiger partial charge in [0, 0.05) is 6.20 Å². The largest absolute Gasteiger partial charge is 0.359 e. The van der Waals surface area contributed by atoms with E-state index in [1.54, 1.807) is 12.2 Å². The Kier molecular flexibility index (Phi) is 3.57. The molecule has 1 aliphatic rings. The molecule has 0 fully saturated rings. The Labute approximate surface area is 71.5 Å². The Balaban J connectivity index is 0.000001000. The van der Waals surface area contributed by atoms with Crippen molar-refractivity contribution < 1.29 is 13.0 Å². The summed E-state index contributed by atoms with van der Waals surface area (Å²) in [5.74, 6) is 0. The first-order valence-electron chi connectivity index (χ1n) is 2.68. The highest BCUT2D eigenvalue weighted by atomic mass is 35.5. The van der Waals surface area contributed by atoms with Crippen LogP contribution in [0.15, 0.2) is 24.4 Å². The highest BCUT2D eigenvalue weighted by Crippen LogP contribution is 2.02. The maximum absolute atomic E-state index is 10.4. The monoisotopic (exact) mass is 197 g/mol. The van der Waals surface area contributed by atoms with Gasteiger partial charge >= 0.3 is 10.3 Å². The molecule has 0 radical (unpaired) electrons. The second-order valence-electron chi connectivity index (χ2n) is 1.82. The molecule has 0 spiro atoms. The molecule has 0 saturated heterocycles. The molecule has 64 valence electrons. The van der Waals surface area contributed by atoms with Crippen LogP contribution in [0.3, 0.4) is 0 Å². The summed E-state index contributed by atoms with van der Waals surface area (Å²) < 4.78 is 30.1. The SMILES string of the molecule is Cl.O=S(=O)(O)N1C=CC=CC1. The minimum absolute atomic E-state index is 0. The van der Waals surface area contributed by atoms with Crippen LogP contribution in [0.25, 0.3) is 0 Å². The van der Waals surface area contributed by atoms with Crippen molar-refractivity contribution in [2.75, 3.05) is 6.54 Å². The van der Waals surface area contributed by atoms with E-state index in [2.05, 4.69) is 0 Å².